The van der Waals surface area contributed by atoms with Gasteiger partial charge < -0.3 is 4.98 Å². The first-order chi connectivity index (χ1) is 10.3. The van der Waals surface area contributed by atoms with Gasteiger partial charge in [-0.3, -0.25) is 0 Å². The fourth-order valence-corrected chi connectivity index (χ4v) is 5.10. The summed E-state index contributed by atoms with van der Waals surface area (Å²) in [5, 5.41) is 1.37. The quantitative estimate of drug-likeness (QED) is 0.556. The number of hydrogen-bond acceptors (Lipinski definition) is 4. The molecule has 1 aliphatic carbocycles. The Morgan fingerprint density at radius 1 is 1.19 bits per heavy atom. The highest BCUT2D eigenvalue weighted by Crippen LogP contribution is 2.45. The van der Waals surface area contributed by atoms with Gasteiger partial charge >= 0.3 is 0 Å². The van der Waals surface area contributed by atoms with Crippen LogP contribution in [0.5, 0.6) is 0 Å². The van der Waals surface area contributed by atoms with Crippen molar-refractivity contribution in [1.29, 1.82) is 0 Å². The number of nitrogens with one attached hydrogen (secondary N) is 1. The molecule has 0 saturated carbocycles. The van der Waals surface area contributed by atoms with E-state index >= 15 is 0 Å². The minimum atomic E-state index is 0.403. The molecule has 0 spiro atoms. The number of thioether (sulfide) groups is 1. The van der Waals surface area contributed by atoms with Crippen LogP contribution in [0.4, 0.5) is 0 Å². The van der Waals surface area contributed by atoms with E-state index in [-0.39, 0.29) is 0 Å². The van der Waals surface area contributed by atoms with Gasteiger partial charge in [0.05, 0.1) is 6.33 Å². The summed E-state index contributed by atoms with van der Waals surface area (Å²) in [5.41, 5.74) is 4.51. The predicted octanol–water partition coefficient (Wildman–Crippen LogP) is 3.90. The van der Waals surface area contributed by atoms with Gasteiger partial charge in [-0.25, -0.2) is 15.0 Å². The highest BCUT2D eigenvalue weighted by Gasteiger charge is 2.27. The molecule has 6 heteroatoms. The molecule has 0 radical (unpaired) electrons. The van der Waals surface area contributed by atoms with Gasteiger partial charge in [0.1, 0.15) is 16.9 Å². The van der Waals surface area contributed by atoms with Gasteiger partial charge in [-0.2, -0.15) is 0 Å². The van der Waals surface area contributed by atoms with E-state index in [9.17, 15) is 0 Å². The maximum absolute atomic E-state index is 4.44. The molecule has 4 nitrogen and oxygen atoms in total. The molecule has 2 aromatic heterocycles. The monoisotopic (exact) mass is 360 g/mol. The van der Waals surface area contributed by atoms with E-state index in [4.69, 9.17) is 0 Å². The third kappa shape index (κ3) is 2.46. The van der Waals surface area contributed by atoms with Crippen LogP contribution in [0.1, 0.15) is 22.8 Å². The number of aromatic nitrogens is 4. The highest BCUT2D eigenvalue weighted by atomic mass is 79.9. The molecule has 0 fully saturated rings. The number of nitrogens with zero attached hydrogens (tertiary/aromatic N) is 3. The molecule has 2 unspecified atom stereocenters. The molecule has 1 N–H and O–H groups in total. The van der Waals surface area contributed by atoms with Crippen molar-refractivity contribution in [1.82, 2.24) is 19.9 Å². The lowest BCUT2D eigenvalue weighted by Crippen LogP contribution is -2.16. The molecule has 4 rings (SSSR count). The lowest BCUT2D eigenvalue weighted by Gasteiger charge is -2.28. The fourth-order valence-electron chi connectivity index (χ4n) is 2.79. The Bertz CT molecular complexity index is 788. The van der Waals surface area contributed by atoms with Crippen LogP contribution in [0.2, 0.25) is 0 Å². The number of imidazole rings is 1. The van der Waals surface area contributed by atoms with Crippen LogP contribution in [0.3, 0.4) is 0 Å². The van der Waals surface area contributed by atoms with Crippen molar-refractivity contribution in [2.24, 2.45) is 0 Å². The molecule has 21 heavy (non-hydrogen) atoms. The maximum Gasteiger partial charge on any atom is 0.181 e. The van der Waals surface area contributed by atoms with Crippen molar-refractivity contribution >= 4 is 38.9 Å². The topological polar surface area (TPSA) is 54.5 Å². The molecule has 0 bridgehead atoms. The SMILES string of the molecule is BrC1Cc2ccccc2C(Sc2ncnc3nc[nH]c23)C1. The number of aromatic amines is 1. The highest BCUT2D eigenvalue weighted by molar-refractivity contribution is 9.09. The van der Waals surface area contributed by atoms with Gasteiger partial charge in [-0.05, 0) is 24.0 Å². The second-order valence-corrected chi connectivity index (χ2v) is 7.61. The van der Waals surface area contributed by atoms with E-state index in [1.807, 2.05) is 0 Å². The minimum Gasteiger partial charge on any atom is -0.341 e. The van der Waals surface area contributed by atoms with Crippen molar-refractivity contribution in [2.75, 3.05) is 0 Å². The molecule has 0 aliphatic heterocycles. The standard InChI is InChI=1S/C15H13BrN4S/c16-10-5-9-3-1-2-4-11(9)12(6-10)21-15-13-14(18-7-17-13)19-8-20-15/h1-4,7-8,10,12H,5-6H2,(H,17,18,19,20). The third-order valence-electron chi connectivity index (χ3n) is 3.76. The zero-order valence-electron chi connectivity index (χ0n) is 11.2. The number of fused-ring (bicyclic) bond motifs is 2. The van der Waals surface area contributed by atoms with E-state index in [0.29, 0.717) is 10.1 Å². The summed E-state index contributed by atoms with van der Waals surface area (Å²) in [6.07, 6.45) is 5.45. The van der Waals surface area contributed by atoms with E-state index in [1.165, 1.54) is 11.1 Å². The van der Waals surface area contributed by atoms with Crippen LogP contribution < -0.4 is 0 Å². The largest absolute Gasteiger partial charge is 0.341 e. The molecular formula is C15H13BrN4S. The molecule has 0 amide bonds. The first kappa shape index (κ1) is 13.3. The van der Waals surface area contributed by atoms with Crippen LogP contribution in [0, 0.1) is 0 Å². The number of hydrogen-bond donors (Lipinski definition) is 1. The Morgan fingerprint density at radius 2 is 2.10 bits per heavy atom. The van der Waals surface area contributed by atoms with Gasteiger partial charge in [0, 0.05) is 10.1 Å². The lowest BCUT2D eigenvalue weighted by molar-refractivity contribution is 0.698. The Labute approximate surface area is 134 Å². The number of H-pyrrole nitrogens is 1. The molecule has 3 aromatic rings. The molecule has 1 aliphatic rings. The third-order valence-corrected chi connectivity index (χ3v) is 5.72. The first-order valence-electron chi connectivity index (χ1n) is 6.84. The zero-order chi connectivity index (χ0) is 14.2. The first-order valence-corrected chi connectivity index (χ1v) is 8.63. The van der Waals surface area contributed by atoms with Crippen LogP contribution in [0.15, 0.2) is 41.9 Å². The van der Waals surface area contributed by atoms with Gasteiger partial charge in [-0.15, -0.1) is 0 Å². The lowest BCUT2D eigenvalue weighted by atomic mass is 9.91. The van der Waals surface area contributed by atoms with Crippen molar-refractivity contribution in [3.63, 3.8) is 0 Å². The van der Waals surface area contributed by atoms with Crippen molar-refractivity contribution in [3.05, 3.63) is 48.0 Å². The summed E-state index contributed by atoms with van der Waals surface area (Å²) in [5.74, 6) is 0. The Kier molecular flexibility index (Phi) is 3.43. The second kappa shape index (κ2) is 5.42. The summed E-state index contributed by atoms with van der Waals surface area (Å²) in [7, 11) is 0. The number of benzene rings is 1. The van der Waals surface area contributed by atoms with Crippen molar-refractivity contribution < 1.29 is 0 Å². The fraction of sp³-hybridized carbons (Fsp3) is 0.267. The van der Waals surface area contributed by atoms with Crippen molar-refractivity contribution in [3.8, 4) is 0 Å². The maximum atomic E-state index is 4.44. The van der Waals surface area contributed by atoms with Gasteiger partial charge in [0.15, 0.2) is 5.65 Å². The summed E-state index contributed by atoms with van der Waals surface area (Å²) >= 11 is 5.58. The number of rotatable bonds is 2. The predicted molar refractivity (Wildman–Crippen MR) is 87.8 cm³/mol. The minimum absolute atomic E-state index is 0.403. The molecule has 0 saturated heterocycles. The number of alkyl halides is 1. The zero-order valence-corrected chi connectivity index (χ0v) is 13.6. The number of halogens is 1. The second-order valence-electron chi connectivity index (χ2n) is 5.12. The molecule has 2 heterocycles. The Balaban J connectivity index is 1.73. The molecule has 106 valence electrons. The van der Waals surface area contributed by atoms with Crippen LogP contribution in [-0.4, -0.2) is 24.8 Å². The average molecular weight is 361 g/mol. The van der Waals surface area contributed by atoms with Crippen molar-refractivity contribution in [2.45, 2.75) is 27.9 Å². The van der Waals surface area contributed by atoms with E-state index < -0.39 is 0 Å². The molecule has 1 aromatic carbocycles. The van der Waals surface area contributed by atoms with Gasteiger partial charge in [0.2, 0.25) is 0 Å². The molecule has 2 atom stereocenters. The average Bonchev–Trinajstić information content (AvgIpc) is 2.96. The Hall–Kier alpha value is -1.40. The summed E-state index contributed by atoms with van der Waals surface area (Å²) < 4.78 is 0. The van der Waals surface area contributed by atoms with Gasteiger partial charge in [-0.1, -0.05) is 52.0 Å². The van der Waals surface area contributed by atoms with E-state index in [1.54, 1.807) is 24.4 Å². The summed E-state index contributed by atoms with van der Waals surface area (Å²) in [6.45, 7) is 0. The van der Waals surface area contributed by atoms with Crippen LogP contribution in [-0.2, 0) is 6.42 Å². The summed E-state index contributed by atoms with van der Waals surface area (Å²) in [4.78, 5) is 16.5. The Morgan fingerprint density at radius 3 is 3.05 bits per heavy atom. The van der Waals surface area contributed by atoms with Gasteiger partial charge in [0.25, 0.3) is 0 Å². The van der Waals surface area contributed by atoms with E-state index in [2.05, 4.69) is 60.1 Å². The molecular weight excluding hydrogens is 348 g/mol. The summed E-state index contributed by atoms with van der Waals surface area (Å²) in [6, 6.07) is 8.69. The van der Waals surface area contributed by atoms with Crippen LogP contribution >= 0.6 is 27.7 Å². The smallest absolute Gasteiger partial charge is 0.181 e. The van der Waals surface area contributed by atoms with E-state index in [0.717, 1.165) is 29.0 Å². The normalized spacial score (nSPS) is 21.4. The van der Waals surface area contributed by atoms with Crippen LogP contribution in [0.25, 0.3) is 11.2 Å².